The van der Waals surface area contributed by atoms with Gasteiger partial charge in [0.2, 0.25) is 0 Å². The molecular weight excluding hydrogens is 359 g/mol. The van der Waals surface area contributed by atoms with Crippen molar-refractivity contribution in [3.63, 3.8) is 0 Å². The fourth-order valence-electron chi connectivity index (χ4n) is 1.98. The van der Waals surface area contributed by atoms with E-state index in [1.165, 1.54) is 11.8 Å². The highest BCUT2D eigenvalue weighted by Gasteiger charge is 2.31. The van der Waals surface area contributed by atoms with Gasteiger partial charge in [-0.15, -0.1) is 11.8 Å². The van der Waals surface area contributed by atoms with Crippen molar-refractivity contribution in [3.8, 4) is 0 Å². The molecule has 0 saturated carbocycles. The molecule has 24 heavy (non-hydrogen) atoms. The van der Waals surface area contributed by atoms with E-state index < -0.39 is 17.6 Å². The lowest BCUT2D eigenvalue weighted by Crippen LogP contribution is -2.14. The van der Waals surface area contributed by atoms with E-state index in [4.69, 9.17) is 11.6 Å². The minimum Gasteiger partial charge on any atom is -0.321 e. The Kier molecular flexibility index (Phi) is 6.18. The molecule has 0 bridgehead atoms. The Morgan fingerprint density at radius 3 is 2.58 bits per heavy atom. The SMILES string of the molecule is CCCSc1ccccc1C(=O)Nc1cc(C(F)(F)F)ccc1Cl. The maximum absolute atomic E-state index is 12.8. The van der Waals surface area contributed by atoms with Crippen molar-refractivity contribution in [2.45, 2.75) is 24.4 Å². The van der Waals surface area contributed by atoms with Crippen molar-refractivity contribution >= 4 is 35.0 Å². The first kappa shape index (κ1) is 18.7. The molecule has 1 amide bonds. The second-order valence-electron chi connectivity index (χ2n) is 4.99. The molecule has 0 atom stereocenters. The Hall–Kier alpha value is -1.66. The predicted octanol–water partition coefficient (Wildman–Crippen LogP) is 6.11. The number of alkyl halides is 3. The normalized spacial score (nSPS) is 11.4. The molecule has 0 aliphatic rings. The molecule has 2 nitrogen and oxygen atoms in total. The first-order chi connectivity index (χ1) is 11.3. The number of anilines is 1. The van der Waals surface area contributed by atoms with E-state index in [2.05, 4.69) is 5.32 Å². The number of hydrogen-bond acceptors (Lipinski definition) is 2. The van der Waals surface area contributed by atoms with E-state index in [9.17, 15) is 18.0 Å². The van der Waals surface area contributed by atoms with Crippen molar-refractivity contribution in [2.75, 3.05) is 11.1 Å². The zero-order chi connectivity index (χ0) is 17.7. The Morgan fingerprint density at radius 2 is 1.92 bits per heavy atom. The number of amides is 1. The highest BCUT2D eigenvalue weighted by atomic mass is 35.5. The van der Waals surface area contributed by atoms with Gasteiger partial charge in [0.1, 0.15) is 0 Å². The summed E-state index contributed by atoms with van der Waals surface area (Å²) in [5.74, 6) is 0.352. The number of hydrogen-bond donors (Lipinski definition) is 1. The number of halogens is 4. The molecule has 0 unspecified atom stereocenters. The minimum atomic E-state index is -4.50. The monoisotopic (exact) mass is 373 g/mol. The summed E-state index contributed by atoms with van der Waals surface area (Å²) >= 11 is 7.44. The molecule has 0 spiro atoms. The summed E-state index contributed by atoms with van der Waals surface area (Å²) in [7, 11) is 0. The predicted molar refractivity (Wildman–Crippen MR) is 91.9 cm³/mol. The number of carbonyl (C=O) groups excluding carboxylic acids is 1. The second-order valence-corrected chi connectivity index (χ2v) is 6.54. The van der Waals surface area contributed by atoms with Gasteiger partial charge in [0, 0.05) is 4.90 Å². The van der Waals surface area contributed by atoms with Gasteiger partial charge >= 0.3 is 6.18 Å². The van der Waals surface area contributed by atoms with E-state index >= 15 is 0 Å². The second kappa shape index (κ2) is 7.94. The number of rotatable bonds is 5. The van der Waals surface area contributed by atoms with Crippen LogP contribution in [0.2, 0.25) is 5.02 Å². The molecule has 2 aromatic rings. The molecule has 2 rings (SSSR count). The van der Waals surface area contributed by atoms with Crippen LogP contribution in [0.5, 0.6) is 0 Å². The van der Waals surface area contributed by atoms with Gasteiger partial charge in [-0.1, -0.05) is 30.7 Å². The summed E-state index contributed by atoms with van der Waals surface area (Å²) in [5.41, 5.74) is -0.521. The van der Waals surface area contributed by atoms with Crippen molar-refractivity contribution in [3.05, 3.63) is 58.6 Å². The molecule has 128 valence electrons. The average Bonchev–Trinajstić information content (AvgIpc) is 2.54. The van der Waals surface area contributed by atoms with Crippen LogP contribution >= 0.6 is 23.4 Å². The molecule has 1 N–H and O–H groups in total. The Bertz CT molecular complexity index is 734. The number of nitrogens with one attached hydrogen (secondary N) is 1. The maximum Gasteiger partial charge on any atom is 0.416 e. The zero-order valence-corrected chi connectivity index (χ0v) is 14.4. The summed E-state index contributed by atoms with van der Waals surface area (Å²) in [4.78, 5) is 13.2. The lowest BCUT2D eigenvalue weighted by molar-refractivity contribution is -0.137. The third-order valence-electron chi connectivity index (χ3n) is 3.14. The molecule has 0 radical (unpaired) electrons. The highest BCUT2D eigenvalue weighted by Crippen LogP contribution is 2.34. The Labute approximate surface area is 147 Å². The summed E-state index contributed by atoms with van der Waals surface area (Å²) < 4.78 is 38.4. The summed E-state index contributed by atoms with van der Waals surface area (Å²) in [5, 5.41) is 2.52. The summed E-state index contributed by atoms with van der Waals surface area (Å²) in [6.45, 7) is 2.03. The lowest BCUT2D eigenvalue weighted by atomic mass is 10.1. The van der Waals surface area contributed by atoms with Crippen LogP contribution in [0.1, 0.15) is 29.3 Å². The van der Waals surface area contributed by atoms with Gasteiger partial charge in [-0.3, -0.25) is 4.79 Å². The lowest BCUT2D eigenvalue weighted by Gasteiger charge is -2.13. The van der Waals surface area contributed by atoms with Crippen molar-refractivity contribution in [1.82, 2.24) is 0 Å². The van der Waals surface area contributed by atoms with Gasteiger partial charge in [-0.2, -0.15) is 13.2 Å². The van der Waals surface area contributed by atoms with Crippen molar-refractivity contribution < 1.29 is 18.0 Å². The molecule has 0 heterocycles. The topological polar surface area (TPSA) is 29.1 Å². The van der Waals surface area contributed by atoms with Crippen molar-refractivity contribution in [2.24, 2.45) is 0 Å². The van der Waals surface area contributed by atoms with E-state index in [0.29, 0.717) is 5.56 Å². The fourth-order valence-corrected chi connectivity index (χ4v) is 3.06. The van der Waals surface area contributed by atoms with Gasteiger partial charge in [0.05, 0.1) is 21.8 Å². The maximum atomic E-state index is 12.8. The summed E-state index contributed by atoms with van der Waals surface area (Å²) in [6, 6.07) is 9.80. The van der Waals surface area contributed by atoms with Crippen LogP contribution in [0.15, 0.2) is 47.4 Å². The number of carbonyl (C=O) groups is 1. The molecule has 0 aromatic heterocycles. The van der Waals surface area contributed by atoms with Gasteiger partial charge in [0.15, 0.2) is 0 Å². The molecule has 0 fully saturated rings. The van der Waals surface area contributed by atoms with Crippen LogP contribution in [0.4, 0.5) is 18.9 Å². The molecule has 0 aliphatic carbocycles. The third-order valence-corrected chi connectivity index (χ3v) is 4.74. The summed E-state index contributed by atoms with van der Waals surface area (Å²) in [6.07, 6.45) is -3.56. The van der Waals surface area contributed by atoms with E-state index in [-0.39, 0.29) is 10.7 Å². The first-order valence-corrected chi connectivity index (χ1v) is 8.59. The van der Waals surface area contributed by atoms with E-state index in [0.717, 1.165) is 35.3 Å². The first-order valence-electron chi connectivity index (χ1n) is 7.23. The number of benzene rings is 2. The molecule has 7 heteroatoms. The van der Waals surface area contributed by atoms with Gasteiger partial charge < -0.3 is 5.32 Å². The van der Waals surface area contributed by atoms with Crippen LogP contribution in [-0.4, -0.2) is 11.7 Å². The smallest absolute Gasteiger partial charge is 0.321 e. The van der Waals surface area contributed by atoms with Crippen LogP contribution in [0, 0.1) is 0 Å². The zero-order valence-electron chi connectivity index (χ0n) is 12.8. The van der Waals surface area contributed by atoms with E-state index in [1.807, 2.05) is 19.1 Å². The van der Waals surface area contributed by atoms with E-state index in [1.54, 1.807) is 12.1 Å². The third kappa shape index (κ3) is 4.68. The van der Waals surface area contributed by atoms with Crippen LogP contribution < -0.4 is 5.32 Å². The Morgan fingerprint density at radius 1 is 1.21 bits per heavy atom. The molecule has 0 aliphatic heterocycles. The molecular formula is C17H15ClF3NOS. The minimum absolute atomic E-state index is 0.0510. The Balaban J connectivity index is 2.27. The number of thioether (sulfide) groups is 1. The fraction of sp³-hybridized carbons (Fsp3) is 0.235. The van der Waals surface area contributed by atoms with Gasteiger partial charge in [-0.05, 0) is 42.5 Å². The quantitative estimate of drug-likeness (QED) is 0.640. The highest BCUT2D eigenvalue weighted by molar-refractivity contribution is 7.99. The van der Waals surface area contributed by atoms with Gasteiger partial charge in [-0.25, -0.2) is 0 Å². The molecule has 0 saturated heterocycles. The van der Waals surface area contributed by atoms with Gasteiger partial charge in [0.25, 0.3) is 5.91 Å². The van der Waals surface area contributed by atoms with Crippen LogP contribution in [0.3, 0.4) is 0 Å². The van der Waals surface area contributed by atoms with Crippen LogP contribution in [0.25, 0.3) is 0 Å². The van der Waals surface area contributed by atoms with Crippen molar-refractivity contribution in [1.29, 1.82) is 0 Å². The molecule has 2 aromatic carbocycles. The van der Waals surface area contributed by atoms with Crippen LogP contribution in [-0.2, 0) is 6.18 Å². The average molecular weight is 374 g/mol. The largest absolute Gasteiger partial charge is 0.416 e. The standard InChI is InChI=1S/C17H15ClF3NOS/c1-2-9-24-15-6-4-3-5-12(15)16(23)22-14-10-11(17(19,20)21)7-8-13(14)18/h3-8,10H,2,9H2,1H3,(H,22,23).